The predicted molar refractivity (Wildman–Crippen MR) is 102 cm³/mol. The van der Waals surface area contributed by atoms with Crippen LogP contribution in [-0.2, 0) is 9.59 Å². The number of rotatable bonds is 4. The van der Waals surface area contributed by atoms with Crippen molar-refractivity contribution >= 4 is 46.5 Å². The van der Waals surface area contributed by atoms with Gasteiger partial charge in [0.15, 0.2) is 0 Å². The highest BCUT2D eigenvalue weighted by atomic mass is 35.5. The maximum Gasteiger partial charge on any atom is 0.293 e. The first-order chi connectivity index (χ1) is 12.4. The lowest BCUT2D eigenvalue weighted by Gasteiger charge is -2.30. The Morgan fingerprint density at radius 3 is 2.54 bits per heavy atom. The van der Waals surface area contributed by atoms with Crippen LogP contribution < -0.4 is 4.90 Å². The first kappa shape index (κ1) is 18.9. The highest BCUT2D eigenvalue weighted by Gasteiger charge is 2.35. The number of carbonyl (C=O) groups excluding carboxylic acids is 3. The molecular weight excluding hydrogens is 374 g/mol. The number of hydrogen-bond donors (Lipinski definition) is 1. The smallest absolute Gasteiger partial charge is 0.293 e. The Morgan fingerprint density at radius 2 is 1.88 bits per heavy atom. The normalized spacial score (nSPS) is 20.3. The van der Waals surface area contributed by atoms with Crippen LogP contribution in [0.2, 0.25) is 5.02 Å². The van der Waals surface area contributed by atoms with Gasteiger partial charge >= 0.3 is 0 Å². The Kier molecular flexibility index (Phi) is 6.01. The minimum atomic E-state index is -0.342. The van der Waals surface area contributed by atoms with Gasteiger partial charge in [0.05, 0.1) is 38.1 Å². The molecule has 8 heteroatoms. The number of halogens is 1. The molecule has 2 saturated heterocycles. The van der Waals surface area contributed by atoms with Crippen LogP contribution in [0, 0.1) is 0 Å². The molecule has 26 heavy (non-hydrogen) atoms. The van der Waals surface area contributed by atoms with E-state index in [4.69, 9.17) is 11.6 Å². The number of thioether (sulfide) groups is 1. The van der Waals surface area contributed by atoms with Crippen molar-refractivity contribution < 1.29 is 19.3 Å². The van der Waals surface area contributed by atoms with Gasteiger partial charge in [-0.15, -0.1) is 0 Å². The number of hydrogen-bond acceptors (Lipinski definition) is 4. The van der Waals surface area contributed by atoms with Crippen LogP contribution in [0.25, 0.3) is 6.08 Å². The third-order valence-electron chi connectivity index (χ3n) is 4.56. The first-order valence-corrected chi connectivity index (χ1v) is 9.73. The fraction of sp³-hybridized carbons (Fsp3) is 0.389. The number of carbonyl (C=O) groups is 3. The van der Waals surface area contributed by atoms with Crippen LogP contribution in [0.1, 0.15) is 12.0 Å². The van der Waals surface area contributed by atoms with Crippen molar-refractivity contribution in [3.05, 3.63) is 39.8 Å². The van der Waals surface area contributed by atoms with Gasteiger partial charge in [-0.2, -0.15) is 0 Å². The van der Waals surface area contributed by atoms with E-state index in [1.54, 1.807) is 30.3 Å². The zero-order valence-electron chi connectivity index (χ0n) is 14.5. The number of nitrogens with one attached hydrogen (secondary N) is 1. The Hall–Kier alpha value is -1.83. The molecule has 3 amide bonds. The van der Waals surface area contributed by atoms with Gasteiger partial charge < -0.3 is 9.80 Å². The van der Waals surface area contributed by atoms with Crippen LogP contribution >= 0.6 is 23.4 Å². The zero-order chi connectivity index (χ0) is 18.7. The number of likely N-dealkylation sites (N-methyl/N-ethyl adjacent to an activating group) is 1. The Labute approximate surface area is 161 Å². The van der Waals surface area contributed by atoms with Crippen LogP contribution in [0.4, 0.5) is 4.79 Å². The lowest BCUT2D eigenvalue weighted by atomic mass is 10.2. The molecule has 138 valence electrons. The van der Waals surface area contributed by atoms with Gasteiger partial charge in [-0.25, -0.2) is 0 Å². The van der Waals surface area contributed by atoms with Crippen molar-refractivity contribution in [1.82, 2.24) is 9.80 Å². The van der Waals surface area contributed by atoms with E-state index in [-0.39, 0.29) is 30.0 Å². The number of benzene rings is 1. The molecule has 0 bridgehead atoms. The Bertz CT molecular complexity index is 743. The summed E-state index contributed by atoms with van der Waals surface area (Å²) < 4.78 is 0. The van der Waals surface area contributed by atoms with E-state index >= 15 is 0 Å². The molecule has 1 aromatic rings. The molecule has 2 fully saturated rings. The molecule has 2 aliphatic rings. The number of imide groups is 1. The summed E-state index contributed by atoms with van der Waals surface area (Å²) in [5.74, 6) is -0.344. The predicted octanol–water partition coefficient (Wildman–Crippen LogP) is 1.12. The van der Waals surface area contributed by atoms with Gasteiger partial charge in [0.25, 0.3) is 11.1 Å². The average Bonchev–Trinajstić information content (AvgIpc) is 2.89. The summed E-state index contributed by atoms with van der Waals surface area (Å²) >= 11 is 6.76. The number of quaternary nitrogens is 1. The molecular formula is C18H21ClN3O3S+. The minimum absolute atomic E-state index is 0.00164. The lowest BCUT2D eigenvalue weighted by Crippen LogP contribution is -3.12. The molecule has 0 saturated carbocycles. The third-order valence-corrected chi connectivity index (χ3v) is 5.72. The molecule has 1 aromatic carbocycles. The molecule has 0 radical (unpaired) electrons. The van der Waals surface area contributed by atoms with Gasteiger partial charge in [-0.05, 0) is 35.5 Å². The molecule has 0 unspecified atom stereocenters. The summed E-state index contributed by atoms with van der Waals surface area (Å²) in [5, 5.41) is 0.283. The first-order valence-electron chi connectivity index (χ1n) is 8.54. The standard InChI is InChI=1S/C18H20ClN3O3S/c1-20-8-10-21(11-9-20)16(23)6-7-22-17(24)15(26-18(22)25)12-13-2-4-14(19)5-3-13/h2-5,12H,6-11H2,1H3/p+1. The van der Waals surface area contributed by atoms with E-state index in [1.807, 2.05) is 4.90 Å². The Morgan fingerprint density at radius 1 is 1.23 bits per heavy atom. The van der Waals surface area contributed by atoms with Crippen molar-refractivity contribution in [3.63, 3.8) is 0 Å². The molecule has 0 spiro atoms. The second kappa shape index (κ2) is 8.24. The highest BCUT2D eigenvalue weighted by Crippen LogP contribution is 2.32. The van der Waals surface area contributed by atoms with Crippen LogP contribution in [0.3, 0.4) is 0 Å². The molecule has 6 nitrogen and oxygen atoms in total. The van der Waals surface area contributed by atoms with Crippen molar-refractivity contribution in [3.8, 4) is 0 Å². The van der Waals surface area contributed by atoms with Gasteiger partial charge in [0.2, 0.25) is 5.91 Å². The van der Waals surface area contributed by atoms with E-state index in [0.29, 0.717) is 9.93 Å². The SMILES string of the molecule is C[NH+]1CCN(C(=O)CCN2C(=O)SC(=Cc3ccc(Cl)cc3)C2=O)CC1. The van der Waals surface area contributed by atoms with E-state index in [2.05, 4.69) is 7.05 Å². The largest absolute Gasteiger partial charge is 0.334 e. The second-order valence-corrected chi connectivity index (χ2v) is 7.90. The second-order valence-electron chi connectivity index (χ2n) is 6.47. The van der Waals surface area contributed by atoms with Crippen LogP contribution in [-0.4, -0.2) is 66.6 Å². The minimum Gasteiger partial charge on any atom is -0.334 e. The maximum absolute atomic E-state index is 12.5. The zero-order valence-corrected chi connectivity index (χ0v) is 16.1. The van der Waals surface area contributed by atoms with Gasteiger partial charge in [0, 0.05) is 18.0 Å². The van der Waals surface area contributed by atoms with Gasteiger partial charge in [0.1, 0.15) is 0 Å². The summed E-state index contributed by atoms with van der Waals surface area (Å²) in [6.45, 7) is 3.43. The molecule has 0 aliphatic carbocycles. The van der Waals surface area contributed by atoms with Crippen LogP contribution in [0.5, 0.6) is 0 Å². The van der Waals surface area contributed by atoms with E-state index in [0.717, 1.165) is 48.4 Å². The molecule has 2 aliphatic heterocycles. The van der Waals surface area contributed by atoms with E-state index in [1.165, 1.54) is 4.90 Å². The van der Waals surface area contributed by atoms with E-state index in [9.17, 15) is 14.4 Å². The fourth-order valence-electron chi connectivity index (χ4n) is 2.91. The summed E-state index contributed by atoms with van der Waals surface area (Å²) in [6.07, 6.45) is 1.84. The number of nitrogens with zero attached hydrogens (tertiary/aromatic N) is 2. The summed E-state index contributed by atoms with van der Waals surface area (Å²) in [7, 11) is 2.11. The topological polar surface area (TPSA) is 62.1 Å². The van der Waals surface area contributed by atoms with Crippen LogP contribution in [0.15, 0.2) is 29.2 Å². The monoisotopic (exact) mass is 394 g/mol. The quantitative estimate of drug-likeness (QED) is 0.777. The van der Waals surface area contributed by atoms with E-state index < -0.39 is 0 Å². The molecule has 3 rings (SSSR count). The molecule has 0 atom stereocenters. The van der Waals surface area contributed by atoms with Crippen molar-refractivity contribution in [2.75, 3.05) is 39.8 Å². The summed E-state index contributed by atoms with van der Waals surface area (Å²) in [6, 6.07) is 7.03. The maximum atomic E-state index is 12.5. The van der Waals surface area contributed by atoms with Crippen molar-refractivity contribution in [1.29, 1.82) is 0 Å². The van der Waals surface area contributed by atoms with Crippen molar-refractivity contribution in [2.24, 2.45) is 0 Å². The van der Waals surface area contributed by atoms with Crippen molar-refractivity contribution in [2.45, 2.75) is 6.42 Å². The number of amides is 3. The summed E-state index contributed by atoms with van der Waals surface area (Å²) in [4.78, 5) is 41.7. The van der Waals surface area contributed by atoms with Gasteiger partial charge in [-0.1, -0.05) is 23.7 Å². The Balaban J connectivity index is 1.59. The molecule has 0 aromatic heterocycles. The number of piperazine rings is 1. The summed E-state index contributed by atoms with van der Waals surface area (Å²) in [5.41, 5.74) is 0.802. The third kappa shape index (κ3) is 4.47. The molecule has 1 N–H and O–H groups in total. The lowest BCUT2D eigenvalue weighted by molar-refractivity contribution is -0.883. The fourth-order valence-corrected chi connectivity index (χ4v) is 3.90. The van der Waals surface area contributed by atoms with Gasteiger partial charge in [-0.3, -0.25) is 19.3 Å². The molecule has 2 heterocycles. The average molecular weight is 395 g/mol. The highest BCUT2D eigenvalue weighted by molar-refractivity contribution is 8.18.